The number of fused-ring (bicyclic) bond motifs is 1. The predicted octanol–water partition coefficient (Wildman–Crippen LogP) is 2.95. The zero-order valence-corrected chi connectivity index (χ0v) is 19.8. The molecular formula is C24H20N6O8. The molecule has 2 aromatic carbocycles. The van der Waals surface area contributed by atoms with Gasteiger partial charge >= 0.3 is 5.91 Å². The Kier molecular flexibility index (Phi) is 7.23. The number of hydrazone groups is 1. The number of non-ortho nitro benzene ring substituents is 2. The Bertz CT molecular complexity index is 1490. The van der Waals surface area contributed by atoms with Crippen molar-refractivity contribution in [3.8, 4) is 0 Å². The van der Waals surface area contributed by atoms with Gasteiger partial charge in [-0.15, -0.1) is 0 Å². The first-order chi connectivity index (χ1) is 18.2. The van der Waals surface area contributed by atoms with Gasteiger partial charge in [0.1, 0.15) is 5.76 Å². The van der Waals surface area contributed by atoms with Gasteiger partial charge in [0.15, 0.2) is 5.76 Å². The highest BCUT2D eigenvalue weighted by molar-refractivity contribution is 6.07. The Labute approximate surface area is 214 Å². The van der Waals surface area contributed by atoms with Crippen molar-refractivity contribution in [2.75, 3.05) is 0 Å². The number of rotatable bonds is 6. The number of benzene rings is 2. The van der Waals surface area contributed by atoms with Gasteiger partial charge in [-0.05, 0) is 38.0 Å². The first kappa shape index (κ1) is 25.7. The van der Waals surface area contributed by atoms with Gasteiger partial charge in [-0.3, -0.25) is 45.5 Å². The molecule has 3 N–H and O–H groups in total. The van der Waals surface area contributed by atoms with Crippen LogP contribution >= 0.6 is 0 Å². The van der Waals surface area contributed by atoms with Crippen LogP contribution in [0.1, 0.15) is 61.0 Å². The standard InChI is InChI=1S/C24H20N6O8/c1-13-20-18(25-26-23(32)15-4-2-5-17(12-15)30(36)37)6-3-7-19(20)38-21(13)24(33)28-27-22(31)14-8-10-16(11-9-14)29(34)35/h2,4-5,8-12H,3,6-7H2,1H3,(H,26,32)(H,27,31)(H,28,33)/b25-18+. The van der Waals surface area contributed by atoms with Crippen molar-refractivity contribution in [3.05, 3.63) is 103 Å². The zero-order valence-electron chi connectivity index (χ0n) is 19.8. The molecule has 0 radical (unpaired) electrons. The van der Waals surface area contributed by atoms with E-state index < -0.39 is 27.6 Å². The molecule has 38 heavy (non-hydrogen) atoms. The fraction of sp³-hybridized carbons (Fsp3) is 0.167. The largest absolute Gasteiger partial charge is 0.455 e. The maximum absolute atomic E-state index is 12.7. The number of amides is 3. The molecule has 4 rings (SSSR count). The summed E-state index contributed by atoms with van der Waals surface area (Å²) < 4.78 is 5.74. The number of carbonyl (C=O) groups excluding carboxylic acids is 3. The van der Waals surface area contributed by atoms with Crippen molar-refractivity contribution in [2.24, 2.45) is 5.10 Å². The van der Waals surface area contributed by atoms with E-state index in [-0.39, 0.29) is 28.3 Å². The molecule has 0 unspecified atom stereocenters. The summed E-state index contributed by atoms with van der Waals surface area (Å²) in [5.74, 6) is -1.62. The summed E-state index contributed by atoms with van der Waals surface area (Å²) >= 11 is 0. The lowest BCUT2D eigenvalue weighted by Crippen LogP contribution is -2.41. The summed E-state index contributed by atoms with van der Waals surface area (Å²) in [6, 6.07) is 10.1. The van der Waals surface area contributed by atoms with Crippen molar-refractivity contribution in [1.82, 2.24) is 16.3 Å². The Morgan fingerprint density at radius 2 is 1.55 bits per heavy atom. The Morgan fingerprint density at radius 1 is 0.868 bits per heavy atom. The molecule has 3 amide bonds. The molecule has 0 aliphatic heterocycles. The van der Waals surface area contributed by atoms with E-state index in [9.17, 15) is 34.6 Å². The molecule has 0 fully saturated rings. The van der Waals surface area contributed by atoms with Gasteiger partial charge in [-0.25, -0.2) is 5.43 Å². The van der Waals surface area contributed by atoms with Crippen molar-refractivity contribution in [3.63, 3.8) is 0 Å². The first-order valence-electron chi connectivity index (χ1n) is 11.2. The molecule has 0 bridgehead atoms. The molecule has 3 aromatic rings. The molecule has 1 aliphatic rings. The number of furan rings is 1. The van der Waals surface area contributed by atoms with Crippen LogP contribution in [0.5, 0.6) is 0 Å². The molecule has 1 aliphatic carbocycles. The van der Waals surface area contributed by atoms with E-state index in [1.54, 1.807) is 6.92 Å². The number of nitro groups is 2. The molecule has 14 nitrogen and oxygen atoms in total. The maximum Gasteiger partial charge on any atom is 0.305 e. The highest BCUT2D eigenvalue weighted by Crippen LogP contribution is 2.30. The number of hydrogen-bond acceptors (Lipinski definition) is 9. The van der Waals surface area contributed by atoms with Crippen LogP contribution in [0.25, 0.3) is 0 Å². The van der Waals surface area contributed by atoms with Crippen LogP contribution in [0.15, 0.2) is 58.0 Å². The predicted molar refractivity (Wildman–Crippen MR) is 132 cm³/mol. The van der Waals surface area contributed by atoms with E-state index in [1.807, 2.05) is 0 Å². The molecule has 1 aromatic heterocycles. The van der Waals surface area contributed by atoms with Gasteiger partial charge in [0.25, 0.3) is 23.2 Å². The monoisotopic (exact) mass is 520 g/mol. The van der Waals surface area contributed by atoms with Crippen molar-refractivity contribution in [2.45, 2.75) is 26.2 Å². The SMILES string of the molecule is Cc1c(C(=O)NNC(=O)c2ccc([N+](=O)[O-])cc2)oc2c1/C(=N/NC(=O)c1cccc([N+](=O)[O-])c1)CCC2. The van der Waals surface area contributed by atoms with E-state index in [4.69, 9.17) is 4.42 Å². The van der Waals surface area contributed by atoms with Crippen LogP contribution in [-0.2, 0) is 6.42 Å². The molecule has 14 heteroatoms. The molecule has 0 saturated heterocycles. The molecule has 0 atom stereocenters. The summed E-state index contributed by atoms with van der Waals surface area (Å²) in [5.41, 5.74) is 8.11. The van der Waals surface area contributed by atoms with E-state index in [1.165, 1.54) is 42.5 Å². The first-order valence-corrected chi connectivity index (χ1v) is 11.2. The Morgan fingerprint density at radius 3 is 2.24 bits per heavy atom. The number of nitrogens with one attached hydrogen (secondary N) is 3. The third-order valence-corrected chi connectivity index (χ3v) is 5.77. The minimum Gasteiger partial charge on any atom is -0.455 e. The minimum absolute atomic E-state index is 0.0568. The fourth-order valence-corrected chi connectivity index (χ4v) is 3.92. The summed E-state index contributed by atoms with van der Waals surface area (Å²) in [4.78, 5) is 58.0. The van der Waals surface area contributed by atoms with E-state index in [2.05, 4.69) is 21.4 Å². The molecule has 0 spiro atoms. The highest BCUT2D eigenvalue weighted by Gasteiger charge is 2.28. The number of carbonyl (C=O) groups is 3. The molecule has 194 valence electrons. The number of nitro benzene ring substituents is 2. The number of hydrazine groups is 1. The van der Waals surface area contributed by atoms with Gasteiger partial charge in [0.2, 0.25) is 0 Å². The second-order valence-electron chi connectivity index (χ2n) is 8.23. The van der Waals surface area contributed by atoms with Gasteiger partial charge < -0.3 is 4.42 Å². The lowest BCUT2D eigenvalue weighted by atomic mass is 9.93. The summed E-state index contributed by atoms with van der Waals surface area (Å²) in [6.45, 7) is 1.64. The smallest absolute Gasteiger partial charge is 0.305 e. The highest BCUT2D eigenvalue weighted by atomic mass is 16.6. The normalized spacial score (nSPS) is 13.3. The summed E-state index contributed by atoms with van der Waals surface area (Å²) in [6.07, 6.45) is 1.65. The van der Waals surface area contributed by atoms with Crippen LogP contribution in [0, 0.1) is 27.2 Å². The van der Waals surface area contributed by atoms with E-state index in [0.717, 1.165) is 6.07 Å². The maximum atomic E-state index is 12.7. The molecular weight excluding hydrogens is 500 g/mol. The second kappa shape index (κ2) is 10.7. The summed E-state index contributed by atoms with van der Waals surface area (Å²) in [5, 5.41) is 25.9. The van der Waals surface area contributed by atoms with Gasteiger partial charge in [0, 0.05) is 52.9 Å². The van der Waals surface area contributed by atoms with Crippen molar-refractivity contribution in [1.29, 1.82) is 0 Å². The lowest BCUT2D eigenvalue weighted by molar-refractivity contribution is -0.385. The summed E-state index contributed by atoms with van der Waals surface area (Å²) in [7, 11) is 0. The number of aryl methyl sites for hydroxylation is 1. The van der Waals surface area contributed by atoms with Gasteiger partial charge in [-0.1, -0.05) is 6.07 Å². The van der Waals surface area contributed by atoms with Crippen LogP contribution in [0.4, 0.5) is 11.4 Å². The van der Waals surface area contributed by atoms with E-state index in [0.29, 0.717) is 41.9 Å². The van der Waals surface area contributed by atoms with E-state index >= 15 is 0 Å². The Hall–Kier alpha value is -5.40. The van der Waals surface area contributed by atoms with Crippen LogP contribution in [-0.4, -0.2) is 33.3 Å². The molecule has 1 heterocycles. The second-order valence-corrected chi connectivity index (χ2v) is 8.23. The zero-order chi connectivity index (χ0) is 27.4. The Balaban J connectivity index is 1.46. The number of hydrogen-bond donors (Lipinski definition) is 3. The third kappa shape index (κ3) is 5.38. The topological polar surface area (TPSA) is 199 Å². The van der Waals surface area contributed by atoms with Crippen LogP contribution < -0.4 is 16.3 Å². The lowest BCUT2D eigenvalue weighted by Gasteiger charge is -2.13. The van der Waals surface area contributed by atoms with Crippen molar-refractivity contribution < 1.29 is 28.6 Å². The van der Waals surface area contributed by atoms with Crippen LogP contribution in [0.2, 0.25) is 0 Å². The van der Waals surface area contributed by atoms with Crippen LogP contribution in [0.3, 0.4) is 0 Å². The fourth-order valence-electron chi connectivity index (χ4n) is 3.92. The number of nitrogens with zero attached hydrogens (tertiary/aromatic N) is 3. The van der Waals surface area contributed by atoms with Gasteiger partial charge in [0.05, 0.1) is 15.6 Å². The minimum atomic E-state index is -0.729. The average Bonchev–Trinajstić information content (AvgIpc) is 3.27. The quantitative estimate of drug-likeness (QED) is 0.325. The van der Waals surface area contributed by atoms with Gasteiger partial charge in [-0.2, -0.15) is 5.10 Å². The average molecular weight is 520 g/mol. The third-order valence-electron chi connectivity index (χ3n) is 5.77. The van der Waals surface area contributed by atoms with Crippen molar-refractivity contribution >= 4 is 34.8 Å². The molecule has 0 saturated carbocycles.